The van der Waals surface area contributed by atoms with Crippen LogP contribution in [0.4, 0.5) is 11.4 Å². The van der Waals surface area contributed by atoms with Gasteiger partial charge in [-0.05, 0) is 24.3 Å². The van der Waals surface area contributed by atoms with Crippen LogP contribution in [-0.4, -0.2) is 27.1 Å². The zero-order valence-electron chi connectivity index (χ0n) is 9.28. The van der Waals surface area contributed by atoms with E-state index >= 15 is 0 Å². The predicted octanol–water partition coefficient (Wildman–Crippen LogP) is -1.70. The van der Waals surface area contributed by atoms with Crippen LogP contribution in [0.25, 0.3) is 0 Å². The first-order chi connectivity index (χ1) is 6.88. The summed E-state index contributed by atoms with van der Waals surface area (Å²) in [6, 6.07) is 6.63. The number of hydrogen-bond acceptors (Lipinski definition) is 5. The molecule has 0 radical (unpaired) electrons. The van der Waals surface area contributed by atoms with Crippen molar-refractivity contribution in [2.24, 2.45) is 9.63 Å². The summed E-state index contributed by atoms with van der Waals surface area (Å²) in [7, 11) is -0.904. The van der Waals surface area contributed by atoms with Crippen molar-refractivity contribution in [2.75, 3.05) is 19.0 Å². The molecule has 0 spiro atoms. The zero-order valence-corrected chi connectivity index (χ0v) is 12.1. The molecular weight excluding hydrogens is 241 g/mol. The molecule has 1 rings (SSSR count). The van der Waals surface area contributed by atoms with Crippen LogP contribution in [0.15, 0.2) is 33.9 Å². The molecule has 0 fully saturated rings. The molecule has 0 aliphatic heterocycles. The van der Waals surface area contributed by atoms with Crippen molar-refractivity contribution >= 4 is 21.7 Å². The number of hydrogen-bond donors (Lipinski definition) is 0. The Morgan fingerprint density at radius 2 is 1.69 bits per heavy atom. The minimum Gasteiger partial charge on any atom is -0.728 e. The van der Waals surface area contributed by atoms with Gasteiger partial charge in [-0.1, -0.05) is 4.52 Å². The molecule has 0 amide bonds. The Labute approximate surface area is 117 Å². The molecule has 0 heterocycles. The van der Waals surface area contributed by atoms with Gasteiger partial charge >= 0.3 is 29.6 Å². The van der Waals surface area contributed by atoms with E-state index in [1.807, 2.05) is 19.0 Å². The minimum absolute atomic E-state index is 0. The van der Waals surface area contributed by atoms with Gasteiger partial charge in [0, 0.05) is 19.8 Å². The van der Waals surface area contributed by atoms with Crippen molar-refractivity contribution in [1.82, 2.24) is 0 Å². The molecule has 0 aromatic heterocycles. The first-order valence-corrected chi connectivity index (χ1v) is 5.41. The van der Waals surface area contributed by atoms with Crippen LogP contribution in [0.5, 0.6) is 0 Å². The molecule has 1 aromatic rings. The fraction of sp³-hybridized carbons (Fsp3) is 0.250. The summed E-state index contributed by atoms with van der Waals surface area (Å²) in [6.07, 6.45) is 0. The van der Waals surface area contributed by atoms with E-state index < -0.39 is 10.3 Å². The summed E-state index contributed by atoms with van der Waals surface area (Å²) in [5.41, 5.74) is 1.26. The van der Waals surface area contributed by atoms with Crippen LogP contribution >= 0.6 is 0 Å². The van der Waals surface area contributed by atoms with E-state index in [2.05, 4.69) is 9.63 Å². The maximum atomic E-state index is 10.2. The maximum Gasteiger partial charge on any atom is 1.00 e. The Kier molecular flexibility index (Phi) is 6.13. The molecular formula is C8H10N3NaO3S. The topological polar surface area (TPSA) is 85.2 Å². The van der Waals surface area contributed by atoms with Gasteiger partial charge in [0.2, 0.25) is 10.3 Å². The summed E-state index contributed by atoms with van der Waals surface area (Å²) < 4.78 is 33.1. The molecule has 0 N–H and O–H groups in total. The third-order valence-electron chi connectivity index (χ3n) is 1.62. The molecule has 0 bridgehead atoms. The fourth-order valence-electron chi connectivity index (χ4n) is 0.915. The number of nitrogens with zero attached hydrogens (tertiary/aromatic N) is 3. The van der Waals surface area contributed by atoms with Gasteiger partial charge in [0.05, 0.1) is 5.69 Å². The molecule has 8 heteroatoms. The van der Waals surface area contributed by atoms with Crippen LogP contribution in [0.2, 0.25) is 0 Å². The molecule has 0 atom stereocenters. The molecule has 0 aliphatic rings. The van der Waals surface area contributed by atoms with Crippen LogP contribution in [-0.2, 0) is 10.3 Å². The van der Waals surface area contributed by atoms with Crippen LogP contribution < -0.4 is 34.5 Å². The summed E-state index contributed by atoms with van der Waals surface area (Å²) in [5.74, 6) is 0. The van der Waals surface area contributed by atoms with Gasteiger partial charge < -0.3 is 9.45 Å². The number of anilines is 1. The molecule has 0 aliphatic carbocycles. The zero-order chi connectivity index (χ0) is 11.5. The average Bonchev–Trinajstić information content (AvgIpc) is 2.14. The van der Waals surface area contributed by atoms with Crippen molar-refractivity contribution in [1.29, 1.82) is 0 Å². The van der Waals surface area contributed by atoms with Crippen LogP contribution in [0, 0.1) is 0 Å². The van der Waals surface area contributed by atoms with Crippen LogP contribution in [0.1, 0.15) is 0 Å². The second kappa shape index (κ2) is 6.31. The third kappa shape index (κ3) is 5.57. The number of rotatable bonds is 3. The Morgan fingerprint density at radius 3 is 2.06 bits per heavy atom. The second-order valence-corrected chi connectivity index (χ2v) is 4.04. The average molecular weight is 251 g/mol. The third-order valence-corrected chi connectivity index (χ3v) is 1.90. The van der Waals surface area contributed by atoms with Crippen molar-refractivity contribution in [3.05, 3.63) is 24.3 Å². The van der Waals surface area contributed by atoms with Crippen molar-refractivity contribution in [3.63, 3.8) is 0 Å². The van der Waals surface area contributed by atoms with Gasteiger partial charge in [0.15, 0.2) is 0 Å². The standard InChI is InChI=1S/C8H11N3O3S.Na/c1-11(2)8-5-3-7(4-6-8)9-10-15(12,13)14;/h3-6H,1-2H3,(H,12,13,14);/q;+1/p-1. The molecule has 6 nitrogen and oxygen atoms in total. The van der Waals surface area contributed by atoms with Crippen molar-refractivity contribution in [3.8, 4) is 0 Å². The van der Waals surface area contributed by atoms with Gasteiger partial charge in [0.1, 0.15) is 0 Å². The van der Waals surface area contributed by atoms with E-state index in [-0.39, 0.29) is 29.6 Å². The van der Waals surface area contributed by atoms with Gasteiger partial charge in [-0.15, -0.1) is 5.11 Å². The van der Waals surface area contributed by atoms with Gasteiger partial charge in [-0.3, -0.25) is 0 Å². The summed E-state index contributed by atoms with van der Waals surface area (Å²) in [6.45, 7) is 0. The van der Waals surface area contributed by atoms with Gasteiger partial charge in [-0.25, -0.2) is 8.42 Å². The maximum absolute atomic E-state index is 10.2. The molecule has 1 aromatic carbocycles. The Bertz CT molecular complexity index is 456. The van der Waals surface area contributed by atoms with E-state index in [1.165, 1.54) is 0 Å². The van der Waals surface area contributed by atoms with E-state index in [4.69, 9.17) is 0 Å². The fourth-order valence-corrected chi connectivity index (χ4v) is 1.11. The molecule has 82 valence electrons. The first kappa shape index (κ1) is 15.5. The predicted molar refractivity (Wildman–Crippen MR) is 55.0 cm³/mol. The van der Waals surface area contributed by atoms with E-state index in [9.17, 15) is 13.0 Å². The summed E-state index contributed by atoms with van der Waals surface area (Å²) >= 11 is 0. The Morgan fingerprint density at radius 1 is 1.19 bits per heavy atom. The Balaban J connectivity index is 0.00000225. The normalized spacial score (nSPS) is 11.2. The van der Waals surface area contributed by atoms with E-state index in [0.717, 1.165) is 5.69 Å². The monoisotopic (exact) mass is 251 g/mol. The van der Waals surface area contributed by atoms with Crippen molar-refractivity contribution in [2.45, 2.75) is 0 Å². The first-order valence-electron chi connectivity index (χ1n) is 4.05. The van der Waals surface area contributed by atoms with E-state index in [0.29, 0.717) is 5.69 Å². The Hall–Kier alpha value is -0.470. The summed E-state index contributed by atoms with van der Waals surface area (Å²) in [4.78, 5) is 1.88. The molecule has 0 unspecified atom stereocenters. The van der Waals surface area contributed by atoms with E-state index in [1.54, 1.807) is 24.3 Å². The van der Waals surface area contributed by atoms with Gasteiger partial charge in [-0.2, -0.15) is 0 Å². The minimum atomic E-state index is -4.65. The SMILES string of the molecule is CN(C)c1ccc(N=NS(=O)(=O)[O-])cc1.[Na+]. The summed E-state index contributed by atoms with van der Waals surface area (Å²) in [5, 5.41) is 3.28. The van der Waals surface area contributed by atoms with Crippen LogP contribution in [0.3, 0.4) is 0 Å². The van der Waals surface area contributed by atoms with Crippen molar-refractivity contribution < 1.29 is 42.5 Å². The molecule has 16 heavy (non-hydrogen) atoms. The number of benzene rings is 1. The second-order valence-electron chi connectivity index (χ2n) is 3.02. The molecule has 0 saturated heterocycles. The quantitative estimate of drug-likeness (QED) is 0.364. The van der Waals surface area contributed by atoms with Gasteiger partial charge in [0.25, 0.3) is 0 Å². The molecule has 0 saturated carbocycles. The largest absolute Gasteiger partial charge is 1.00 e. The smallest absolute Gasteiger partial charge is 0.728 e.